The number of likely N-dealkylation sites (tertiary alicyclic amines) is 1. The van der Waals surface area contributed by atoms with Crippen LogP contribution in [0.5, 0.6) is 0 Å². The Balaban J connectivity index is 2.13. The van der Waals surface area contributed by atoms with Gasteiger partial charge >= 0.3 is 0 Å². The molecule has 3 heteroatoms. The van der Waals surface area contributed by atoms with Crippen molar-refractivity contribution in [1.29, 1.82) is 5.26 Å². The first-order valence-corrected chi connectivity index (χ1v) is 7.08. The van der Waals surface area contributed by atoms with Crippen LogP contribution in [0.2, 0.25) is 0 Å². The number of nitrogens with zero attached hydrogens (tertiary/aromatic N) is 2. The van der Waals surface area contributed by atoms with Crippen LogP contribution in [0, 0.1) is 18.3 Å². The molecule has 0 N–H and O–H groups in total. The highest BCUT2D eigenvalue weighted by atomic mass is 16.2. The topological polar surface area (TPSA) is 44.1 Å². The fourth-order valence-corrected chi connectivity index (χ4v) is 2.76. The first-order valence-electron chi connectivity index (χ1n) is 7.08. The predicted molar refractivity (Wildman–Crippen MR) is 79.1 cm³/mol. The van der Waals surface area contributed by atoms with Gasteiger partial charge in [-0.1, -0.05) is 35.9 Å². The molecule has 1 aromatic rings. The molecule has 3 nitrogen and oxygen atoms in total. The summed E-state index contributed by atoms with van der Waals surface area (Å²) in [6.07, 6.45) is 3.69. The smallest absolute Gasteiger partial charge is 0.264 e. The second-order valence-electron chi connectivity index (χ2n) is 5.32. The van der Waals surface area contributed by atoms with Gasteiger partial charge in [-0.3, -0.25) is 4.79 Å². The van der Waals surface area contributed by atoms with Crippen molar-refractivity contribution in [1.82, 2.24) is 4.90 Å². The summed E-state index contributed by atoms with van der Waals surface area (Å²) in [6, 6.07) is 10.5. The number of piperidine rings is 1. The highest BCUT2D eigenvalue weighted by Crippen LogP contribution is 2.28. The molecular weight excluding hydrogens is 248 g/mol. The average Bonchev–Trinajstić information content (AvgIpc) is 2.48. The van der Waals surface area contributed by atoms with Gasteiger partial charge in [0.05, 0.1) is 0 Å². The lowest BCUT2D eigenvalue weighted by Crippen LogP contribution is -2.39. The lowest BCUT2D eigenvalue weighted by molar-refractivity contribution is -0.127. The van der Waals surface area contributed by atoms with Crippen molar-refractivity contribution >= 4 is 5.91 Å². The van der Waals surface area contributed by atoms with Crippen LogP contribution in [0.4, 0.5) is 0 Å². The fraction of sp³-hybridized carbons (Fsp3) is 0.412. The van der Waals surface area contributed by atoms with Crippen molar-refractivity contribution in [2.45, 2.75) is 32.6 Å². The van der Waals surface area contributed by atoms with Gasteiger partial charge in [-0.25, -0.2) is 0 Å². The minimum atomic E-state index is -0.132. The number of nitriles is 1. The minimum absolute atomic E-state index is 0.132. The molecule has 0 spiro atoms. The second kappa shape index (κ2) is 6.38. The van der Waals surface area contributed by atoms with Crippen LogP contribution < -0.4 is 0 Å². The van der Waals surface area contributed by atoms with Crippen molar-refractivity contribution in [3.05, 3.63) is 47.0 Å². The maximum absolute atomic E-state index is 12.2. The Bertz CT molecular complexity index is 569. The Labute approximate surface area is 120 Å². The molecule has 20 heavy (non-hydrogen) atoms. The zero-order valence-corrected chi connectivity index (χ0v) is 12.1. The summed E-state index contributed by atoms with van der Waals surface area (Å²) in [6.45, 7) is 5.28. The lowest BCUT2D eigenvalue weighted by Gasteiger charge is -2.33. The van der Waals surface area contributed by atoms with E-state index in [0.29, 0.717) is 12.5 Å². The minimum Gasteiger partial charge on any atom is -0.337 e. The summed E-state index contributed by atoms with van der Waals surface area (Å²) in [5.74, 6) is 0.247. The van der Waals surface area contributed by atoms with Crippen LogP contribution in [-0.4, -0.2) is 23.9 Å². The van der Waals surface area contributed by atoms with Gasteiger partial charge in [-0.15, -0.1) is 0 Å². The number of allylic oxidation sites excluding steroid dienone is 1. The molecule has 0 saturated carbocycles. The van der Waals surface area contributed by atoms with Crippen molar-refractivity contribution < 1.29 is 4.79 Å². The maximum Gasteiger partial charge on any atom is 0.264 e. The largest absolute Gasteiger partial charge is 0.337 e. The first kappa shape index (κ1) is 14.3. The van der Waals surface area contributed by atoms with E-state index in [4.69, 9.17) is 5.26 Å². The number of benzene rings is 1. The first-order chi connectivity index (χ1) is 9.65. The number of carbonyl (C=O) groups is 1. The van der Waals surface area contributed by atoms with Crippen LogP contribution in [-0.2, 0) is 4.79 Å². The van der Waals surface area contributed by atoms with Gasteiger partial charge in [0.2, 0.25) is 0 Å². The van der Waals surface area contributed by atoms with Gasteiger partial charge in [-0.05, 0) is 32.3 Å². The highest BCUT2D eigenvalue weighted by molar-refractivity contribution is 5.97. The van der Waals surface area contributed by atoms with Gasteiger partial charge in [0, 0.05) is 19.0 Å². The van der Waals surface area contributed by atoms with E-state index in [9.17, 15) is 4.79 Å². The quantitative estimate of drug-likeness (QED) is 0.611. The van der Waals surface area contributed by atoms with Crippen molar-refractivity contribution in [3.8, 4) is 6.07 Å². The maximum atomic E-state index is 12.2. The summed E-state index contributed by atoms with van der Waals surface area (Å²) in [5, 5.41) is 8.98. The molecule has 0 aromatic heterocycles. The van der Waals surface area contributed by atoms with Gasteiger partial charge in [0.25, 0.3) is 5.91 Å². The summed E-state index contributed by atoms with van der Waals surface area (Å²) >= 11 is 0. The molecule has 1 aromatic carbocycles. The van der Waals surface area contributed by atoms with Crippen molar-refractivity contribution in [2.75, 3.05) is 13.1 Å². The predicted octanol–water partition coefficient (Wildman–Crippen LogP) is 3.17. The van der Waals surface area contributed by atoms with Gasteiger partial charge in [0.1, 0.15) is 11.6 Å². The third kappa shape index (κ3) is 3.08. The average molecular weight is 268 g/mol. The molecule has 2 rings (SSSR count). The molecule has 0 bridgehead atoms. The molecule has 1 heterocycles. The Morgan fingerprint density at radius 2 is 2.30 bits per heavy atom. The molecule has 0 aliphatic carbocycles. The Morgan fingerprint density at radius 3 is 2.95 bits per heavy atom. The molecule has 1 aliphatic rings. The molecule has 1 saturated heterocycles. The van der Waals surface area contributed by atoms with E-state index < -0.39 is 0 Å². The Morgan fingerprint density at radius 1 is 1.50 bits per heavy atom. The molecular formula is C17H20N2O. The molecule has 104 valence electrons. The monoisotopic (exact) mass is 268 g/mol. The van der Waals surface area contributed by atoms with E-state index in [0.717, 1.165) is 19.4 Å². The molecule has 1 atom stereocenters. The molecule has 1 unspecified atom stereocenters. The van der Waals surface area contributed by atoms with Crippen molar-refractivity contribution in [2.24, 2.45) is 0 Å². The van der Waals surface area contributed by atoms with E-state index in [1.807, 2.05) is 11.0 Å². The summed E-state index contributed by atoms with van der Waals surface area (Å²) in [4.78, 5) is 14.1. The molecule has 1 aliphatic heterocycles. The van der Waals surface area contributed by atoms with E-state index in [2.05, 4.69) is 31.2 Å². The van der Waals surface area contributed by atoms with Crippen LogP contribution in [0.1, 0.15) is 36.8 Å². The SMILES string of the molecule is C/C=C(\C#N)C(=O)N1CCCC(c2cccc(C)c2)C1. The van der Waals surface area contributed by atoms with Gasteiger partial charge in [-0.2, -0.15) is 5.26 Å². The number of carbonyl (C=O) groups excluding carboxylic acids is 1. The fourth-order valence-electron chi connectivity index (χ4n) is 2.76. The van der Waals surface area contributed by atoms with Crippen LogP contribution in [0.25, 0.3) is 0 Å². The normalized spacial score (nSPS) is 19.6. The van der Waals surface area contributed by atoms with Gasteiger partial charge < -0.3 is 4.90 Å². The number of hydrogen-bond acceptors (Lipinski definition) is 2. The van der Waals surface area contributed by atoms with Crippen molar-refractivity contribution in [3.63, 3.8) is 0 Å². The lowest BCUT2D eigenvalue weighted by atomic mass is 9.89. The van der Waals surface area contributed by atoms with E-state index in [-0.39, 0.29) is 11.5 Å². The zero-order chi connectivity index (χ0) is 14.5. The Kier molecular flexibility index (Phi) is 4.57. The number of aryl methyl sites for hydroxylation is 1. The third-order valence-corrected chi connectivity index (χ3v) is 3.86. The highest BCUT2D eigenvalue weighted by Gasteiger charge is 2.26. The van der Waals surface area contributed by atoms with Crippen LogP contribution >= 0.6 is 0 Å². The van der Waals surface area contributed by atoms with Crippen LogP contribution in [0.15, 0.2) is 35.9 Å². The van der Waals surface area contributed by atoms with E-state index in [1.54, 1.807) is 13.0 Å². The summed E-state index contributed by atoms with van der Waals surface area (Å²) in [5.41, 5.74) is 2.79. The Hall–Kier alpha value is -2.08. The standard InChI is InChI=1S/C17H20N2O/c1-3-14(11-18)17(20)19-9-5-8-16(12-19)15-7-4-6-13(2)10-15/h3-4,6-7,10,16H,5,8-9,12H2,1-2H3/b14-3+. The summed E-state index contributed by atoms with van der Waals surface area (Å²) < 4.78 is 0. The number of hydrogen-bond donors (Lipinski definition) is 0. The molecule has 1 amide bonds. The summed E-state index contributed by atoms with van der Waals surface area (Å²) in [7, 11) is 0. The third-order valence-electron chi connectivity index (χ3n) is 3.86. The number of rotatable bonds is 2. The van der Waals surface area contributed by atoms with E-state index >= 15 is 0 Å². The molecule has 1 fully saturated rings. The second-order valence-corrected chi connectivity index (χ2v) is 5.32. The molecule has 0 radical (unpaired) electrons. The van der Waals surface area contributed by atoms with E-state index in [1.165, 1.54) is 11.1 Å². The number of amides is 1. The zero-order valence-electron chi connectivity index (χ0n) is 12.1. The van der Waals surface area contributed by atoms with Gasteiger partial charge in [0.15, 0.2) is 0 Å². The van der Waals surface area contributed by atoms with Crippen LogP contribution in [0.3, 0.4) is 0 Å².